The highest BCUT2D eigenvalue weighted by Crippen LogP contribution is 2.35. The zero-order chi connectivity index (χ0) is 20.1. The third-order valence-corrected chi connectivity index (χ3v) is 6.24. The molecule has 1 amide bonds. The molecule has 0 spiro atoms. The summed E-state index contributed by atoms with van der Waals surface area (Å²) >= 11 is 7.41. The van der Waals surface area contributed by atoms with Crippen LogP contribution in [0.1, 0.15) is 43.7 Å². The Morgan fingerprint density at radius 1 is 1.21 bits per heavy atom. The van der Waals surface area contributed by atoms with Crippen molar-refractivity contribution in [2.45, 2.75) is 49.8 Å². The van der Waals surface area contributed by atoms with Gasteiger partial charge in [-0.3, -0.25) is 9.36 Å². The van der Waals surface area contributed by atoms with Crippen LogP contribution in [0.15, 0.2) is 52.2 Å². The first-order chi connectivity index (χ1) is 14.2. The summed E-state index contributed by atoms with van der Waals surface area (Å²) in [6.45, 7) is 0.451. The number of benzene rings is 1. The lowest BCUT2D eigenvalue weighted by molar-refractivity contribution is -0.118. The van der Waals surface area contributed by atoms with Gasteiger partial charge in [-0.25, -0.2) is 0 Å². The normalized spacial score (nSPS) is 14.8. The van der Waals surface area contributed by atoms with Gasteiger partial charge < -0.3 is 9.73 Å². The van der Waals surface area contributed by atoms with Crippen LogP contribution in [-0.2, 0) is 11.3 Å². The molecule has 1 aliphatic carbocycles. The molecule has 0 saturated heterocycles. The van der Waals surface area contributed by atoms with Gasteiger partial charge in [-0.1, -0.05) is 54.8 Å². The summed E-state index contributed by atoms with van der Waals surface area (Å²) in [5.74, 6) is 1.68. The monoisotopic (exact) mass is 430 g/mol. The molecule has 1 aromatic carbocycles. The molecular weight excluding hydrogens is 408 g/mol. The number of carbonyl (C=O) groups is 1. The first kappa shape index (κ1) is 20.0. The lowest BCUT2D eigenvalue weighted by Crippen LogP contribution is -2.25. The van der Waals surface area contributed by atoms with Crippen molar-refractivity contribution in [2.24, 2.45) is 0 Å². The molecule has 0 atom stereocenters. The number of amides is 1. The molecule has 1 N–H and O–H groups in total. The number of halogens is 1. The van der Waals surface area contributed by atoms with Crippen LogP contribution in [-0.4, -0.2) is 26.4 Å². The summed E-state index contributed by atoms with van der Waals surface area (Å²) in [5.41, 5.74) is 0.973. The number of aromatic nitrogens is 3. The lowest BCUT2D eigenvalue weighted by atomic mass is 9.95. The largest absolute Gasteiger partial charge is 0.461 e. The van der Waals surface area contributed by atoms with Gasteiger partial charge in [0.1, 0.15) is 0 Å². The molecule has 152 valence electrons. The molecule has 29 heavy (non-hydrogen) atoms. The molecule has 0 unspecified atom stereocenters. The number of nitrogens with one attached hydrogen (secondary N) is 1. The highest BCUT2D eigenvalue weighted by atomic mass is 35.5. The molecule has 2 heterocycles. The van der Waals surface area contributed by atoms with E-state index in [1.54, 1.807) is 6.26 Å². The van der Waals surface area contributed by atoms with E-state index in [1.807, 2.05) is 36.4 Å². The minimum absolute atomic E-state index is 0.0484. The van der Waals surface area contributed by atoms with Gasteiger partial charge in [0.05, 0.1) is 12.0 Å². The van der Waals surface area contributed by atoms with Crippen LogP contribution in [0.3, 0.4) is 0 Å². The van der Waals surface area contributed by atoms with E-state index in [0.29, 0.717) is 23.4 Å². The van der Waals surface area contributed by atoms with Crippen LogP contribution in [0.5, 0.6) is 0 Å². The predicted molar refractivity (Wildman–Crippen MR) is 114 cm³/mol. The van der Waals surface area contributed by atoms with Gasteiger partial charge in [0, 0.05) is 17.6 Å². The van der Waals surface area contributed by atoms with Crippen LogP contribution in [0.2, 0.25) is 5.02 Å². The van der Waals surface area contributed by atoms with E-state index in [1.165, 1.54) is 31.0 Å². The smallest absolute Gasteiger partial charge is 0.230 e. The SMILES string of the molecule is O=C(CSc1nnc(-c2ccco2)n1C1CCCCC1)NCc1cccc(Cl)c1. The van der Waals surface area contributed by atoms with E-state index in [4.69, 9.17) is 16.0 Å². The fourth-order valence-corrected chi connectivity index (χ4v) is 4.69. The zero-order valence-corrected chi connectivity index (χ0v) is 17.6. The summed E-state index contributed by atoms with van der Waals surface area (Å²) in [7, 11) is 0. The van der Waals surface area contributed by atoms with E-state index >= 15 is 0 Å². The molecule has 3 aromatic rings. The van der Waals surface area contributed by atoms with Gasteiger partial charge in [-0.15, -0.1) is 10.2 Å². The molecule has 4 rings (SSSR count). The Kier molecular flexibility index (Phi) is 6.56. The molecule has 8 heteroatoms. The molecule has 0 radical (unpaired) electrons. The molecule has 0 aliphatic heterocycles. The summed E-state index contributed by atoms with van der Waals surface area (Å²) in [6, 6.07) is 11.6. The Labute approximate surface area is 179 Å². The molecular formula is C21H23ClN4O2S. The lowest BCUT2D eigenvalue weighted by Gasteiger charge is -2.25. The molecule has 0 bridgehead atoms. The highest BCUT2D eigenvalue weighted by Gasteiger charge is 2.25. The fourth-order valence-electron chi connectivity index (χ4n) is 3.65. The third kappa shape index (κ3) is 5.03. The number of hydrogen-bond acceptors (Lipinski definition) is 5. The Balaban J connectivity index is 1.43. The molecule has 1 fully saturated rings. The number of rotatable bonds is 7. The second-order valence-electron chi connectivity index (χ2n) is 7.14. The van der Waals surface area contributed by atoms with Gasteiger partial charge in [-0.2, -0.15) is 0 Å². The number of furan rings is 1. The number of thioether (sulfide) groups is 1. The van der Waals surface area contributed by atoms with E-state index in [-0.39, 0.29) is 11.7 Å². The quantitative estimate of drug-likeness (QED) is 0.527. The second-order valence-corrected chi connectivity index (χ2v) is 8.52. The molecule has 6 nitrogen and oxygen atoms in total. The summed E-state index contributed by atoms with van der Waals surface area (Å²) in [4.78, 5) is 12.4. The van der Waals surface area contributed by atoms with Gasteiger partial charge in [-0.05, 0) is 42.7 Å². The molecule has 1 aliphatic rings. The number of carbonyl (C=O) groups excluding carboxylic acids is 1. The van der Waals surface area contributed by atoms with Crippen molar-refractivity contribution in [1.29, 1.82) is 0 Å². The van der Waals surface area contributed by atoms with E-state index in [9.17, 15) is 4.79 Å². The highest BCUT2D eigenvalue weighted by molar-refractivity contribution is 7.99. The van der Waals surface area contributed by atoms with Crippen LogP contribution >= 0.6 is 23.4 Å². The average Bonchev–Trinajstić information content (AvgIpc) is 3.41. The maximum absolute atomic E-state index is 12.4. The second kappa shape index (κ2) is 9.50. The third-order valence-electron chi connectivity index (χ3n) is 5.06. The molecule has 2 aromatic heterocycles. The topological polar surface area (TPSA) is 73.0 Å². The number of nitrogens with zero attached hydrogens (tertiary/aromatic N) is 3. The van der Waals surface area contributed by atoms with Crippen LogP contribution in [0.4, 0.5) is 0 Å². The Morgan fingerprint density at radius 3 is 2.83 bits per heavy atom. The van der Waals surface area contributed by atoms with Crippen LogP contribution in [0.25, 0.3) is 11.6 Å². The Bertz CT molecular complexity index is 952. The van der Waals surface area contributed by atoms with E-state index in [0.717, 1.165) is 29.4 Å². The Hall–Kier alpha value is -2.25. The van der Waals surface area contributed by atoms with Crippen molar-refractivity contribution in [1.82, 2.24) is 20.1 Å². The zero-order valence-electron chi connectivity index (χ0n) is 16.0. The maximum atomic E-state index is 12.4. The van der Waals surface area contributed by atoms with Gasteiger partial charge >= 0.3 is 0 Å². The Morgan fingerprint density at radius 2 is 2.07 bits per heavy atom. The first-order valence-corrected chi connectivity index (χ1v) is 11.2. The van der Waals surface area contributed by atoms with Crippen molar-refractivity contribution in [2.75, 3.05) is 5.75 Å². The average molecular weight is 431 g/mol. The van der Waals surface area contributed by atoms with Crippen molar-refractivity contribution in [3.63, 3.8) is 0 Å². The van der Waals surface area contributed by atoms with E-state index < -0.39 is 0 Å². The number of hydrogen-bond donors (Lipinski definition) is 1. The predicted octanol–water partition coefficient (Wildman–Crippen LogP) is 5.11. The minimum Gasteiger partial charge on any atom is -0.461 e. The van der Waals surface area contributed by atoms with Crippen molar-refractivity contribution >= 4 is 29.3 Å². The summed E-state index contributed by atoms with van der Waals surface area (Å²) < 4.78 is 7.72. The van der Waals surface area contributed by atoms with Gasteiger partial charge in [0.2, 0.25) is 11.7 Å². The minimum atomic E-state index is -0.0484. The maximum Gasteiger partial charge on any atom is 0.230 e. The first-order valence-electron chi connectivity index (χ1n) is 9.83. The van der Waals surface area contributed by atoms with Crippen LogP contribution < -0.4 is 5.32 Å². The van der Waals surface area contributed by atoms with E-state index in [2.05, 4.69) is 20.1 Å². The van der Waals surface area contributed by atoms with Crippen molar-refractivity contribution < 1.29 is 9.21 Å². The van der Waals surface area contributed by atoms with Gasteiger partial charge in [0.25, 0.3) is 0 Å². The van der Waals surface area contributed by atoms with Crippen LogP contribution in [0, 0.1) is 0 Å². The fraction of sp³-hybridized carbons (Fsp3) is 0.381. The van der Waals surface area contributed by atoms with Crippen molar-refractivity contribution in [3.05, 3.63) is 53.2 Å². The summed E-state index contributed by atoms with van der Waals surface area (Å²) in [5, 5.41) is 13.1. The van der Waals surface area contributed by atoms with Gasteiger partial charge in [0.15, 0.2) is 10.9 Å². The summed E-state index contributed by atoms with van der Waals surface area (Å²) in [6.07, 6.45) is 7.50. The van der Waals surface area contributed by atoms with Crippen molar-refractivity contribution in [3.8, 4) is 11.6 Å². The molecule has 1 saturated carbocycles. The standard InChI is InChI=1S/C21H23ClN4O2S/c22-16-7-4-6-15(12-16)13-23-19(27)14-29-21-25-24-20(18-10-5-11-28-18)26(21)17-8-2-1-3-9-17/h4-7,10-12,17H,1-3,8-9,13-14H2,(H,23,27).